The minimum atomic E-state index is 0.0524. The molecule has 0 spiro atoms. The summed E-state index contributed by atoms with van der Waals surface area (Å²) in [7, 11) is 6.05. The number of hydrogen-bond donors (Lipinski definition) is 1. The summed E-state index contributed by atoms with van der Waals surface area (Å²) in [5.74, 6) is 0.600. The van der Waals surface area contributed by atoms with Crippen LogP contribution < -0.4 is 15.8 Å². The maximum atomic E-state index is 12.9. The van der Waals surface area contributed by atoms with Crippen LogP contribution in [0, 0.1) is 0 Å². The molecule has 6 nitrogen and oxygen atoms in total. The van der Waals surface area contributed by atoms with Gasteiger partial charge in [0.25, 0.3) is 5.56 Å². The van der Waals surface area contributed by atoms with E-state index in [1.807, 2.05) is 38.6 Å². The molecule has 3 aromatic rings. The van der Waals surface area contributed by atoms with E-state index in [-0.39, 0.29) is 5.56 Å². The van der Waals surface area contributed by atoms with E-state index in [1.54, 1.807) is 9.25 Å². The average molecular weight is 420 g/mol. The fourth-order valence-corrected chi connectivity index (χ4v) is 4.54. The molecule has 0 saturated heterocycles. The van der Waals surface area contributed by atoms with Crippen molar-refractivity contribution in [3.05, 3.63) is 64.8 Å². The smallest absolute Gasteiger partial charge is 0.273 e. The highest BCUT2D eigenvalue weighted by Gasteiger charge is 2.23. The SMILES string of the molecule is CCn1cc(-c2cnn(C)c2)cc(N[C@H]2CC[C@@H](c3ccc(N(C)C)cc3)CC2)c1=O. The Hall–Kier alpha value is -3.02. The van der Waals surface area contributed by atoms with Gasteiger partial charge >= 0.3 is 0 Å². The lowest BCUT2D eigenvalue weighted by atomic mass is 9.81. The van der Waals surface area contributed by atoms with Crippen molar-refractivity contribution in [2.45, 2.75) is 51.1 Å². The molecule has 0 amide bonds. The highest BCUT2D eigenvalue weighted by molar-refractivity contribution is 5.65. The van der Waals surface area contributed by atoms with Crippen LogP contribution in [0.4, 0.5) is 11.4 Å². The molecule has 0 bridgehead atoms. The van der Waals surface area contributed by atoms with Gasteiger partial charge in [-0.3, -0.25) is 9.48 Å². The van der Waals surface area contributed by atoms with Crippen molar-refractivity contribution < 1.29 is 0 Å². The van der Waals surface area contributed by atoms with E-state index in [4.69, 9.17) is 0 Å². The third kappa shape index (κ3) is 4.68. The zero-order valence-corrected chi connectivity index (χ0v) is 19.0. The van der Waals surface area contributed by atoms with E-state index in [2.05, 4.69) is 53.7 Å². The first-order valence-corrected chi connectivity index (χ1v) is 11.2. The van der Waals surface area contributed by atoms with Gasteiger partial charge < -0.3 is 14.8 Å². The number of rotatable bonds is 6. The number of nitrogens with one attached hydrogen (secondary N) is 1. The van der Waals surface area contributed by atoms with Gasteiger partial charge in [-0.25, -0.2) is 0 Å². The number of hydrogen-bond acceptors (Lipinski definition) is 4. The standard InChI is InChI=1S/C25H33N5O/c1-5-30-17-20(21-15-26-29(4)16-21)14-24(25(30)31)27-22-10-6-18(7-11-22)19-8-12-23(13-9-19)28(2)3/h8-9,12-18,22,27H,5-7,10-11H2,1-4H3/t18-,22+. The molecule has 164 valence electrons. The predicted molar refractivity (Wildman–Crippen MR) is 128 cm³/mol. The lowest BCUT2D eigenvalue weighted by Gasteiger charge is -2.30. The van der Waals surface area contributed by atoms with Crippen molar-refractivity contribution in [3.8, 4) is 11.1 Å². The van der Waals surface area contributed by atoms with E-state index < -0.39 is 0 Å². The Labute approximate surface area is 184 Å². The number of anilines is 2. The van der Waals surface area contributed by atoms with Crippen LogP contribution in [-0.4, -0.2) is 34.5 Å². The number of nitrogens with zero attached hydrogens (tertiary/aromatic N) is 4. The first-order valence-electron chi connectivity index (χ1n) is 11.2. The van der Waals surface area contributed by atoms with E-state index in [1.165, 1.54) is 11.3 Å². The quantitative estimate of drug-likeness (QED) is 0.640. The lowest BCUT2D eigenvalue weighted by Crippen LogP contribution is -2.30. The Morgan fingerprint density at radius 3 is 2.35 bits per heavy atom. The van der Waals surface area contributed by atoms with Gasteiger partial charge in [-0.2, -0.15) is 5.10 Å². The van der Waals surface area contributed by atoms with Crippen LogP contribution in [0.2, 0.25) is 0 Å². The molecule has 4 rings (SSSR count). The summed E-state index contributed by atoms with van der Waals surface area (Å²) >= 11 is 0. The van der Waals surface area contributed by atoms with Gasteiger partial charge in [0, 0.05) is 62.9 Å². The zero-order valence-electron chi connectivity index (χ0n) is 19.0. The summed E-state index contributed by atoms with van der Waals surface area (Å²) in [5, 5.41) is 7.84. The Bertz CT molecular complexity index is 1070. The number of aryl methyl sites for hydroxylation is 2. The van der Waals surface area contributed by atoms with Crippen molar-refractivity contribution in [3.63, 3.8) is 0 Å². The van der Waals surface area contributed by atoms with E-state index >= 15 is 0 Å². The minimum absolute atomic E-state index is 0.0524. The van der Waals surface area contributed by atoms with Crippen LogP contribution in [0.1, 0.15) is 44.1 Å². The molecule has 6 heteroatoms. The predicted octanol–water partition coefficient (Wildman–Crippen LogP) is 4.47. The molecular weight excluding hydrogens is 386 g/mol. The molecule has 1 aliphatic rings. The van der Waals surface area contributed by atoms with Gasteiger partial charge in [0.15, 0.2) is 0 Å². The molecule has 1 fully saturated rings. The van der Waals surface area contributed by atoms with Crippen LogP contribution >= 0.6 is 0 Å². The summed E-state index contributed by atoms with van der Waals surface area (Å²) in [6, 6.07) is 11.3. The number of pyridine rings is 1. The lowest BCUT2D eigenvalue weighted by molar-refractivity contribution is 0.412. The first kappa shape index (κ1) is 21.2. The first-order chi connectivity index (χ1) is 14.9. The Kier molecular flexibility index (Phi) is 6.16. The summed E-state index contributed by atoms with van der Waals surface area (Å²) in [5.41, 5.74) is 5.46. The highest BCUT2D eigenvalue weighted by atomic mass is 16.1. The van der Waals surface area contributed by atoms with Gasteiger partial charge in [-0.05, 0) is 62.3 Å². The van der Waals surface area contributed by atoms with E-state index in [0.29, 0.717) is 24.2 Å². The van der Waals surface area contributed by atoms with Crippen LogP contribution in [-0.2, 0) is 13.6 Å². The Morgan fingerprint density at radius 1 is 1.06 bits per heavy atom. The molecular formula is C25H33N5O. The molecule has 1 aromatic carbocycles. The molecule has 31 heavy (non-hydrogen) atoms. The largest absolute Gasteiger partial charge is 0.378 e. The highest BCUT2D eigenvalue weighted by Crippen LogP contribution is 2.34. The molecule has 0 unspecified atom stereocenters. The van der Waals surface area contributed by atoms with Crippen molar-refractivity contribution >= 4 is 11.4 Å². The molecule has 0 aliphatic heterocycles. The molecule has 1 aliphatic carbocycles. The van der Waals surface area contributed by atoms with Gasteiger partial charge in [0.2, 0.25) is 0 Å². The van der Waals surface area contributed by atoms with Crippen molar-refractivity contribution in [2.75, 3.05) is 24.3 Å². The second kappa shape index (κ2) is 9.00. The van der Waals surface area contributed by atoms with Crippen LogP contribution in [0.25, 0.3) is 11.1 Å². The number of aromatic nitrogens is 3. The monoisotopic (exact) mass is 419 g/mol. The maximum absolute atomic E-state index is 12.9. The molecule has 2 aromatic heterocycles. The zero-order chi connectivity index (χ0) is 22.0. The summed E-state index contributed by atoms with van der Waals surface area (Å²) in [4.78, 5) is 15.0. The topological polar surface area (TPSA) is 55.1 Å². The van der Waals surface area contributed by atoms with Gasteiger partial charge in [0.05, 0.1) is 6.20 Å². The third-order valence-corrected chi connectivity index (χ3v) is 6.43. The fraction of sp³-hybridized carbons (Fsp3) is 0.440. The normalized spacial score (nSPS) is 18.7. The van der Waals surface area contributed by atoms with Crippen molar-refractivity contribution in [1.82, 2.24) is 14.3 Å². The summed E-state index contributed by atoms with van der Waals surface area (Å²) < 4.78 is 3.57. The minimum Gasteiger partial charge on any atom is -0.378 e. The van der Waals surface area contributed by atoms with Gasteiger partial charge in [-0.1, -0.05) is 12.1 Å². The molecule has 1 saturated carbocycles. The van der Waals surface area contributed by atoms with E-state index in [0.717, 1.165) is 36.8 Å². The average Bonchev–Trinajstić information content (AvgIpc) is 3.22. The van der Waals surface area contributed by atoms with Crippen molar-refractivity contribution in [1.29, 1.82) is 0 Å². The Balaban J connectivity index is 1.46. The van der Waals surface area contributed by atoms with E-state index in [9.17, 15) is 4.79 Å². The fourth-order valence-electron chi connectivity index (χ4n) is 4.54. The second-order valence-electron chi connectivity index (χ2n) is 8.82. The number of benzene rings is 1. The molecule has 0 atom stereocenters. The van der Waals surface area contributed by atoms with Crippen LogP contribution in [0.3, 0.4) is 0 Å². The van der Waals surface area contributed by atoms with Crippen LogP contribution in [0.15, 0.2) is 53.7 Å². The van der Waals surface area contributed by atoms with Crippen molar-refractivity contribution in [2.24, 2.45) is 7.05 Å². The molecule has 1 N–H and O–H groups in total. The Morgan fingerprint density at radius 2 is 1.77 bits per heavy atom. The van der Waals surface area contributed by atoms with Gasteiger partial charge in [-0.15, -0.1) is 0 Å². The summed E-state index contributed by atoms with van der Waals surface area (Å²) in [6.07, 6.45) is 10.2. The second-order valence-corrected chi connectivity index (χ2v) is 8.82. The third-order valence-electron chi connectivity index (χ3n) is 6.43. The summed E-state index contributed by atoms with van der Waals surface area (Å²) in [6.45, 7) is 2.66. The maximum Gasteiger partial charge on any atom is 0.273 e. The molecule has 2 heterocycles. The van der Waals surface area contributed by atoms with Gasteiger partial charge in [0.1, 0.15) is 5.69 Å². The van der Waals surface area contributed by atoms with Crippen LogP contribution in [0.5, 0.6) is 0 Å². The molecule has 0 radical (unpaired) electrons.